The van der Waals surface area contributed by atoms with Crippen molar-refractivity contribution in [3.8, 4) is 0 Å². The minimum Gasteiger partial charge on any atom is -0.375 e. The van der Waals surface area contributed by atoms with Crippen LogP contribution in [0.2, 0.25) is 10.0 Å². The number of fused-ring (bicyclic) bond motifs is 1. The van der Waals surface area contributed by atoms with Crippen LogP contribution in [-0.4, -0.2) is 25.4 Å². The highest BCUT2D eigenvalue weighted by Gasteiger charge is 2.36. The summed E-state index contributed by atoms with van der Waals surface area (Å²) in [6.45, 7) is 1.06. The topological polar surface area (TPSA) is 46.6 Å². The van der Waals surface area contributed by atoms with Gasteiger partial charge in [-0.1, -0.05) is 77.8 Å². The van der Waals surface area contributed by atoms with Gasteiger partial charge in [0.05, 0.1) is 23.3 Å². The molecular formula is C23H23Cl2NO3S. The van der Waals surface area contributed by atoms with Crippen molar-refractivity contribution in [3.63, 3.8) is 0 Å². The Morgan fingerprint density at radius 1 is 1.03 bits per heavy atom. The molecule has 0 saturated carbocycles. The molecular weight excluding hydrogens is 441 g/mol. The maximum Gasteiger partial charge on any atom is 0.245 e. The van der Waals surface area contributed by atoms with E-state index < -0.39 is 10.0 Å². The molecule has 0 fully saturated rings. The molecule has 4 rings (SSSR count). The SMILES string of the molecule is O=S(=O)(c1cccc(Cl)c1Cl)N1Cc2ccccc2COCC1CC1C=CC=CC1. The van der Waals surface area contributed by atoms with Gasteiger partial charge in [-0.2, -0.15) is 4.31 Å². The number of hydrogen-bond acceptors (Lipinski definition) is 3. The lowest BCUT2D eigenvalue weighted by Gasteiger charge is -2.35. The molecule has 0 aromatic heterocycles. The predicted octanol–water partition coefficient (Wildman–Crippen LogP) is 5.61. The van der Waals surface area contributed by atoms with Gasteiger partial charge in [-0.25, -0.2) is 8.42 Å². The Kier molecular flexibility index (Phi) is 6.66. The van der Waals surface area contributed by atoms with Gasteiger partial charge < -0.3 is 4.74 Å². The largest absolute Gasteiger partial charge is 0.375 e. The third-order valence-electron chi connectivity index (χ3n) is 5.57. The lowest BCUT2D eigenvalue weighted by atomic mass is 9.93. The third-order valence-corrected chi connectivity index (χ3v) is 8.44. The van der Waals surface area contributed by atoms with Gasteiger partial charge in [0, 0.05) is 12.6 Å². The van der Waals surface area contributed by atoms with Crippen LogP contribution in [0.15, 0.2) is 71.7 Å². The lowest BCUT2D eigenvalue weighted by Crippen LogP contribution is -2.44. The summed E-state index contributed by atoms with van der Waals surface area (Å²) >= 11 is 12.5. The van der Waals surface area contributed by atoms with E-state index in [0.717, 1.165) is 17.5 Å². The molecule has 1 aliphatic heterocycles. The van der Waals surface area contributed by atoms with Crippen molar-refractivity contribution in [1.82, 2.24) is 4.31 Å². The molecule has 0 N–H and O–H groups in total. The van der Waals surface area contributed by atoms with E-state index in [1.54, 1.807) is 12.1 Å². The van der Waals surface area contributed by atoms with Crippen molar-refractivity contribution in [2.24, 2.45) is 5.92 Å². The molecule has 7 heteroatoms. The Morgan fingerprint density at radius 2 is 1.83 bits per heavy atom. The average molecular weight is 464 g/mol. The Balaban J connectivity index is 1.76. The van der Waals surface area contributed by atoms with E-state index in [4.69, 9.17) is 27.9 Å². The molecule has 0 bridgehead atoms. The van der Waals surface area contributed by atoms with E-state index in [1.165, 1.54) is 10.4 Å². The van der Waals surface area contributed by atoms with E-state index in [2.05, 4.69) is 12.2 Å². The highest BCUT2D eigenvalue weighted by Crippen LogP contribution is 2.35. The number of rotatable bonds is 4. The second-order valence-electron chi connectivity index (χ2n) is 7.58. The van der Waals surface area contributed by atoms with Gasteiger partial charge >= 0.3 is 0 Å². The zero-order valence-electron chi connectivity index (χ0n) is 16.4. The summed E-state index contributed by atoms with van der Waals surface area (Å²) in [4.78, 5) is 0.0267. The number of nitrogens with zero attached hydrogens (tertiary/aromatic N) is 1. The van der Waals surface area contributed by atoms with Crippen LogP contribution in [-0.2, 0) is 27.9 Å². The van der Waals surface area contributed by atoms with Crippen LogP contribution < -0.4 is 0 Å². The smallest absolute Gasteiger partial charge is 0.245 e. The summed E-state index contributed by atoms with van der Waals surface area (Å²) < 4.78 is 35.1. The first-order chi connectivity index (χ1) is 14.5. The van der Waals surface area contributed by atoms with Crippen molar-refractivity contribution in [2.75, 3.05) is 6.61 Å². The van der Waals surface area contributed by atoms with Gasteiger partial charge in [0.1, 0.15) is 4.90 Å². The number of halogens is 2. The summed E-state index contributed by atoms with van der Waals surface area (Å²) in [7, 11) is -3.90. The van der Waals surface area contributed by atoms with Crippen molar-refractivity contribution >= 4 is 33.2 Å². The average Bonchev–Trinajstić information content (AvgIpc) is 2.73. The van der Waals surface area contributed by atoms with E-state index in [9.17, 15) is 8.42 Å². The minimum atomic E-state index is -3.90. The second-order valence-corrected chi connectivity index (χ2v) is 10.2. The summed E-state index contributed by atoms with van der Waals surface area (Å²) in [5, 5.41) is 0.271. The number of ether oxygens (including phenoxy) is 1. The predicted molar refractivity (Wildman–Crippen MR) is 120 cm³/mol. The highest BCUT2D eigenvalue weighted by molar-refractivity contribution is 7.89. The van der Waals surface area contributed by atoms with Gasteiger partial charge in [-0.05, 0) is 42.0 Å². The monoisotopic (exact) mass is 463 g/mol. The Morgan fingerprint density at radius 3 is 2.60 bits per heavy atom. The van der Waals surface area contributed by atoms with E-state index in [0.29, 0.717) is 19.6 Å². The first-order valence-corrected chi connectivity index (χ1v) is 12.1. The molecule has 1 aliphatic carbocycles. The fourth-order valence-corrected chi connectivity index (χ4v) is 6.31. The molecule has 2 unspecified atom stereocenters. The molecule has 0 radical (unpaired) electrons. The molecule has 30 heavy (non-hydrogen) atoms. The van der Waals surface area contributed by atoms with E-state index in [1.807, 2.05) is 36.4 Å². The van der Waals surface area contributed by atoms with Gasteiger partial charge in [0.25, 0.3) is 0 Å². The quantitative estimate of drug-likeness (QED) is 0.592. The first kappa shape index (κ1) is 21.6. The molecule has 2 aromatic carbocycles. The Labute approximate surface area is 187 Å². The maximum atomic E-state index is 13.8. The maximum absolute atomic E-state index is 13.8. The number of sulfonamides is 1. The zero-order valence-corrected chi connectivity index (χ0v) is 18.7. The van der Waals surface area contributed by atoms with Gasteiger partial charge in [0.2, 0.25) is 10.0 Å². The molecule has 1 heterocycles. The van der Waals surface area contributed by atoms with E-state index >= 15 is 0 Å². The fourth-order valence-electron chi connectivity index (χ4n) is 3.97. The molecule has 2 atom stereocenters. The number of allylic oxidation sites excluding steroid dienone is 4. The molecule has 158 valence electrons. The minimum absolute atomic E-state index is 0.0267. The number of benzene rings is 2. The van der Waals surface area contributed by atoms with Crippen LogP contribution in [0.4, 0.5) is 0 Å². The zero-order chi connectivity index (χ0) is 21.1. The molecule has 0 saturated heterocycles. The molecule has 2 aliphatic rings. The molecule has 2 aromatic rings. The van der Waals surface area contributed by atoms with Crippen LogP contribution in [0.25, 0.3) is 0 Å². The molecule has 4 nitrogen and oxygen atoms in total. The van der Waals surface area contributed by atoms with Gasteiger partial charge in [-0.15, -0.1) is 0 Å². The lowest BCUT2D eigenvalue weighted by molar-refractivity contribution is 0.0605. The summed E-state index contributed by atoms with van der Waals surface area (Å²) in [5.74, 6) is 0.255. The van der Waals surface area contributed by atoms with Crippen molar-refractivity contribution in [3.05, 3.63) is 87.9 Å². The Bertz CT molecular complexity index is 1080. The van der Waals surface area contributed by atoms with Gasteiger partial charge in [-0.3, -0.25) is 0 Å². The first-order valence-electron chi connectivity index (χ1n) is 9.90. The molecule has 0 spiro atoms. The van der Waals surface area contributed by atoms with Crippen LogP contribution in [0.5, 0.6) is 0 Å². The summed E-state index contributed by atoms with van der Waals surface area (Å²) in [5.41, 5.74) is 1.93. The molecule has 0 amide bonds. The fraction of sp³-hybridized carbons (Fsp3) is 0.304. The van der Waals surface area contributed by atoms with Crippen LogP contribution >= 0.6 is 23.2 Å². The van der Waals surface area contributed by atoms with Crippen molar-refractivity contribution in [2.45, 2.75) is 36.9 Å². The van der Waals surface area contributed by atoms with Crippen molar-refractivity contribution in [1.29, 1.82) is 0 Å². The van der Waals surface area contributed by atoms with Crippen LogP contribution in [0, 0.1) is 5.92 Å². The van der Waals surface area contributed by atoms with Gasteiger partial charge in [0.15, 0.2) is 0 Å². The van der Waals surface area contributed by atoms with E-state index in [-0.39, 0.29) is 33.4 Å². The third kappa shape index (κ3) is 4.51. The summed E-state index contributed by atoms with van der Waals surface area (Å²) in [6.07, 6.45) is 9.82. The van der Waals surface area contributed by atoms with Crippen LogP contribution in [0.1, 0.15) is 24.0 Å². The second kappa shape index (κ2) is 9.25. The Hall–Kier alpha value is -1.63. The normalized spacial score (nSPS) is 22.3. The summed E-state index contributed by atoms with van der Waals surface area (Å²) in [6, 6.07) is 12.2. The van der Waals surface area contributed by atoms with Crippen LogP contribution in [0.3, 0.4) is 0 Å². The standard InChI is InChI=1S/C23H23Cl2NO3S/c24-21-11-6-12-22(23(21)25)30(27,28)26-14-18-9-4-5-10-19(18)15-29-16-20(26)13-17-7-2-1-3-8-17/h1-7,9-12,17,20H,8,13-16H2. The highest BCUT2D eigenvalue weighted by atomic mass is 35.5. The number of hydrogen-bond donors (Lipinski definition) is 0. The van der Waals surface area contributed by atoms with Crippen molar-refractivity contribution < 1.29 is 13.2 Å².